The van der Waals surface area contributed by atoms with Crippen molar-refractivity contribution in [3.63, 3.8) is 0 Å². The first kappa shape index (κ1) is 40.4. The SMILES string of the molecule is CC(=O)c1c(C)c2cnc(Nc3ccc(N4CCC(CN5C(C)CN(c6ccc7c(c6)C(=O)N(C6CCC(=O)NC6=O)C7=O)CC5C)CC4)cn3)nc2n(C2CCCC2)c1=O. The van der Waals surface area contributed by atoms with E-state index in [4.69, 9.17) is 9.97 Å². The van der Waals surface area contributed by atoms with Gasteiger partial charge in [-0.2, -0.15) is 4.98 Å². The highest BCUT2D eigenvalue weighted by atomic mass is 16.2. The Morgan fingerprint density at radius 2 is 1.54 bits per heavy atom. The molecule has 4 aromatic rings. The van der Waals surface area contributed by atoms with E-state index >= 15 is 0 Å². The van der Waals surface area contributed by atoms with Gasteiger partial charge in [-0.05, 0) is 102 Å². The first-order chi connectivity index (χ1) is 29.4. The number of aryl methyl sites for hydroxylation is 1. The summed E-state index contributed by atoms with van der Waals surface area (Å²) < 4.78 is 1.71. The van der Waals surface area contributed by atoms with Crippen molar-refractivity contribution < 1.29 is 24.0 Å². The molecule has 7 heterocycles. The number of aromatic nitrogens is 4. The van der Waals surface area contributed by atoms with Crippen LogP contribution < -0.4 is 26.0 Å². The van der Waals surface area contributed by atoms with Gasteiger partial charge in [0.05, 0.1) is 28.6 Å². The molecule has 16 heteroatoms. The van der Waals surface area contributed by atoms with Crippen molar-refractivity contribution in [3.8, 4) is 0 Å². The molecule has 318 valence electrons. The molecule has 3 unspecified atom stereocenters. The zero-order valence-electron chi connectivity index (χ0n) is 35.1. The quantitative estimate of drug-likeness (QED) is 0.174. The van der Waals surface area contributed by atoms with E-state index in [1.54, 1.807) is 29.8 Å². The zero-order valence-corrected chi connectivity index (χ0v) is 35.1. The molecular weight excluding hydrogens is 777 g/mol. The maximum Gasteiger partial charge on any atom is 0.263 e. The van der Waals surface area contributed by atoms with Crippen molar-refractivity contribution in [2.24, 2.45) is 5.92 Å². The Balaban J connectivity index is 0.800. The van der Waals surface area contributed by atoms with Gasteiger partial charge in [0.2, 0.25) is 17.8 Å². The van der Waals surface area contributed by atoms with Crippen LogP contribution in [-0.2, 0) is 9.59 Å². The van der Waals surface area contributed by atoms with Gasteiger partial charge in [0, 0.05) is 74.5 Å². The third kappa shape index (κ3) is 7.44. The van der Waals surface area contributed by atoms with Gasteiger partial charge >= 0.3 is 0 Å². The molecule has 5 aliphatic rings. The Morgan fingerprint density at radius 3 is 2.21 bits per heavy atom. The van der Waals surface area contributed by atoms with Crippen LogP contribution in [0, 0.1) is 12.8 Å². The molecule has 0 bridgehead atoms. The monoisotopic (exact) mass is 828 g/mol. The Kier molecular flexibility index (Phi) is 10.7. The fourth-order valence-electron chi connectivity index (χ4n) is 10.3. The molecule has 1 aromatic carbocycles. The van der Waals surface area contributed by atoms with E-state index in [1.165, 1.54) is 6.92 Å². The Bertz CT molecular complexity index is 2500. The fraction of sp³-hybridized carbons (Fsp3) is 0.489. The lowest BCUT2D eigenvalue weighted by molar-refractivity contribution is -0.136. The molecule has 3 atom stereocenters. The van der Waals surface area contributed by atoms with Crippen LogP contribution in [0.25, 0.3) is 11.0 Å². The number of carbonyl (C=O) groups is 5. The maximum absolute atomic E-state index is 13.6. The van der Waals surface area contributed by atoms with Crippen molar-refractivity contribution in [2.75, 3.05) is 47.8 Å². The lowest BCUT2D eigenvalue weighted by Crippen LogP contribution is -2.58. The van der Waals surface area contributed by atoms with E-state index < -0.39 is 29.7 Å². The van der Waals surface area contributed by atoms with Crippen LogP contribution >= 0.6 is 0 Å². The van der Waals surface area contributed by atoms with Crippen molar-refractivity contribution in [1.82, 2.24) is 34.6 Å². The molecule has 9 rings (SSSR count). The molecule has 0 radical (unpaired) electrons. The highest BCUT2D eigenvalue weighted by Gasteiger charge is 2.45. The summed E-state index contributed by atoms with van der Waals surface area (Å²) in [6.45, 7) is 12.1. The predicted molar refractivity (Wildman–Crippen MR) is 229 cm³/mol. The molecule has 1 saturated carbocycles. The largest absolute Gasteiger partial charge is 0.370 e. The molecule has 61 heavy (non-hydrogen) atoms. The lowest BCUT2D eigenvalue weighted by Gasteiger charge is -2.47. The molecule has 1 aliphatic carbocycles. The number of anilines is 4. The molecule has 4 aliphatic heterocycles. The molecule has 4 amide bonds. The van der Waals surface area contributed by atoms with Gasteiger partial charge < -0.3 is 15.1 Å². The van der Waals surface area contributed by atoms with Crippen molar-refractivity contribution in [2.45, 2.75) is 103 Å². The number of Topliss-reactive ketones (excluding diaryl/α,β-unsaturated/α-hetero) is 1. The van der Waals surface area contributed by atoms with Crippen LogP contribution in [0.3, 0.4) is 0 Å². The average molecular weight is 829 g/mol. The van der Waals surface area contributed by atoms with E-state index in [9.17, 15) is 28.8 Å². The number of piperidine rings is 2. The van der Waals surface area contributed by atoms with Crippen LogP contribution in [0.1, 0.15) is 115 Å². The standard InChI is InChI=1S/C45H52N10O6/c1-25-22-52(31-9-11-33-34(19-31)43(60)55(42(33)59)36-12-14-38(57)49-41(36)58)23-26(2)53(25)24-29-15-17-51(18-16-29)32-10-13-37(46-20-32)48-45-47-21-35-27(3)39(28(4)56)44(61)54(40(35)50-45)30-7-5-6-8-30/h9-11,13,19-21,25-26,29-30,36H,5-8,12,14-18,22-24H2,1-4H3,(H,49,57,58)(H,46,47,48,50). The summed E-state index contributed by atoms with van der Waals surface area (Å²) in [6.07, 6.45) is 9.73. The third-order valence-corrected chi connectivity index (χ3v) is 13.6. The number of benzene rings is 1. The van der Waals surface area contributed by atoms with E-state index in [1.807, 2.05) is 18.3 Å². The normalized spacial score (nSPS) is 23.0. The number of hydrogen-bond donors (Lipinski definition) is 2. The number of nitrogens with zero attached hydrogens (tertiary/aromatic N) is 8. The van der Waals surface area contributed by atoms with Gasteiger partial charge in [-0.3, -0.25) is 48.5 Å². The topological polar surface area (TPSA) is 183 Å². The van der Waals surface area contributed by atoms with Crippen LogP contribution in [0.4, 0.5) is 23.1 Å². The van der Waals surface area contributed by atoms with Crippen molar-refractivity contribution in [1.29, 1.82) is 0 Å². The lowest BCUT2D eigenvalue weighted by atomic mass is 9.93. The average Bonchev–Trinajstić information content (AvgIpc) is 3.85. The third-order valence-electron chi connectivity index (χ3n) is 13.6. The molecule has 3 aromatic heterocycles. The number of carbonyl (C=O) groups excluding carboxylic acids is 5. The van der Waals surface area contributed by atoms with Crippen LogP contribution in [-0.4, -0.2) is 110 Å². The summed E-state index contributed by atoms with van der Waals surface area (Å²) in [5.74, 6) is -0.746. The predicted octanol–water partition coefficient (Wildman–Crippen LogP) is 4.77. The van der Waals surface area contributed by atoms with Gasteiger partial charge in [0.15, 0.2) is 5.78 Å². The fourth-order valence-corrected chi connectivity index (χ4v) is 10.3. The Hall–Kier alpha value is -6.03. The highest BCUT2D eigenvalue weighted by molar-refractivity contribution is 6.23. The number of ketones is 1. The second-order valence-electron chi connectivity index (χ2n) is 17.5. The molecule has 3 saturated heterocycles. The van der Waals surface area contributed by atoms with Gasteiger partial charge in [-0.15, -0.1) is 0 Å². The number of amides is 4. The summed E-state index contributed by atoms with van der Waals surface area (Å²) in [5, 5.41) is 6.19. The first-order valence-electron chi connectivity index (χ1n) is 21.6. The molecule has 2 N–H and O–H groups in total. The maximum atomic E-state index is 13.6. The van der Waals surface area contributed by atoms with Gasteiger partial charge in [0.25, 0.3) is 17.4 Å². The number of pyridine rings is 2. The molecule has 4 fully saturated rings. The number of hydrogen-bond acceptors (Lipinski definition) is 13. The Labute approximate surface area is 353 Å². The second-order valence-corrected chi connectivity index (χ2v) is 17.5. The summed E-state index contributed by atoms with van der Waals surface area (Å²) in [5.41, 5.74) is 3.61. The Morgan fingerprint density at radius 1 is 0.836 bits per heavy atom. The van der Waals surface area contributed by atoms with E-state index in [0.29, 0.717) is 39.8 Å². The minimum absolute atomic E-state index is 0.00389. The minimum Gasteiger partial charge on any atom is -0.370 e. The number of imide groups is 2. The number of nitrogens with one attached hydrogen (secondary N) is 2. The van der Waals surface area contributed by atoms with Crippen molar-refractivity contribution >= 4 is 63.6 Å². The van der Waals surface area contributed by atoms with E-state index in [0.717, 1.165) is 87.5 Å². The molecule has 16 nitrogen and oxygen atoms in total. The number of piperazine rings is 1. The first-order valence-corrected chi connectivity index (χ1v) is 21.6. The van der Waals surface area contributed by atoms with E-state index in [-0.39, 0.29) is 53.4 Å². The second kappa shape index (κ2) is 16.1. The van der Waals surface area contributed by atoms with Crippen LogP contribution in [0.5, 0.6) is 0 Å². The molecular formula is C45H52N10O6. The van der Waals surface area contributed by atoms with Gasteiger partial charge in [0.1, 0.15) is 17.5 Å². The highest BCUT2D eigenvalue weighted by Crippen LogP contribution is 2.35. The van der Waals surface area contributed by atoms with Gasteiger partial charge in [-0.1, -0.05) is 12.8 Å². The zero-order chi connectivity index (χ0) is 42.7. The summed E-state index contributed by atoms with van der Waals surface area (Å²) in [6, 6.07) is 8.90. The van der Waals surface area contributed by atoms with Crippen LogP contribution in [0.15, 0.2) is 47.5 Å². The van der Waals surface area contributed by atoms with Gasteiger partial charge in [-0.25, -0.2) is 9.97 Å². The van der Waals surface area contributed by atoms with E-state index in [2.05, 4.69) is 50.2 Å². The summed E-state index contributed by atoms with van der Waals surface area (Å²) >= 11 is 0. The molecule has 0 spiro atoms. The smallest absolute Gasteiger partial charge is 0.263 e. The van der Waals surface area contributed by atoms with Crippen molar-refractivity contribution in [3.05, 3.63) is 75.3 Å². The number of fused-ring (bicyclic) bond motifs is 2. The summed E-state index contributed by atoms with van der Waals surface area (Å²) in [4.78, 5) is 99.3. The summed E-state index contributed by atoms with van der Waals surface area (Å²) in [7, 11) is 0. The number of rotatable bonds is 9. The minimum atomic E-state index is -0.984. The van der Waals surface area contributed by atoms with Crippen LogP contribution in [0.2, 0.25) is 0 Å².